The van der Waals surface area contributed by atoms with Crippen molar-refractivity contribution in [3.05, 3.63) is 29.8 Å². The molecule has 0 spiro atoms. The van der Waals surface area contributed by atoms with Crippen LogP contribution < -0.4 is 11.1 Å². The molecule has 0 aliphatic carbocycles. The predicted octanol–water partition coefficient (Wildman–Crippen LogP) is 2.33. The van der Waals surface area contributed by atoms with Gasteiger partial charge in [-0.05, 0) is 31.2 Å². The minimum absolute atomic E-state index is 0.234. The highest BCUT2D eigenvalue weighted by atomic mass is 32.2. The smallest absolute Gasteiger partial charge is 0.234 e. The number of carbonyl (C=O) groups is 1. The summed E-state index contributed by atoms with van der Waals surface area (Å²) < 4.78 is 0. The molecule has 3 N–H and O–H groups in total. The van der Waals surface area contributed by atoms with Gasteiger partial charge in [-0.1, -0.05) is 31.5 Å². The van der Waals surface area contributed by atoms with E-state index in [2.05, 4.69) is 36.5 Å². The molecule has 100 valence electrons. The SMILES string of the molecule is Cc1cccc(SCCC(NC(C)C)C(N)=O)c1. The molecule has 0 saturated carbocycles. The standard InChI is InChI=1S/C14H22N2OS/c1-10(2)16-13(14(15)17)7-8-18-12-6-4-5-11(3)9-12/h4-6,9-10,13,16H,7-8H2,1-3H3,(H2,15,17). The Labute approximate surface area is 114 Å². The molecule has 1 unspecified atom stereocenters. The van der Waals surface area contributed by atoms with Crippen LogP contribution in [0.2, 0.25) is 0 Å². The van der Waals surface area contributed by atoms with Crippen molar-refractivity contribution >= 4 is 17.7 Å². The van der Waals surface area contributed by atoms with Crippen LogP contribution in [-0.4, -0.2) is 23.7 Å². The van der Waals surface area contributed by atoms with E-state index in [0.717, 1.165) is 12.2 Å². The number of rotatable bonds is 7. The van der Waals surface area contributed by atoms with E-state index >= 15 is 0 Å². The van der Waals surface area contributed by atoms with E-state index in [0.29, 0.717) is 0 Å². The number of carbonyl (C=O) groups excluding carboxylic acids is 1. The molecule has 0 aliphatic heterocycles. The van der Waals surface area contributed by atoms with Crippen LogP contribution in [0.25, 0.3) is 0 Å². The van der Waals surface area contributed by atoms with Crippen LogP contribution in [0.1, 0.15) is 25.8 Å². The Bertz CT molecular complexity index is 393. The summed E-state index contributed by atoms with van der Waals surface area (Å²) in [5.41, 5.74) is 6.63. The number of amides is 1. The van der Waals surface area contributed by atoms with E-state index in [9.17, 15) is 4.79 Å². The first-order chi connectivity index (χ1) is 8.49. The molecule has 1 aromatic carbocycles. The Morgan fingerprint density at radius 1 is 1.44 bits per heavy atom. The van der Waals surface area contributed by atoms with Crippen LogP contribution >= 0.6 is 11.8 Å². The predicted molar refractivity (Wildman–Crippen MR) is 77.8 cm³/mol. The lowest BCUT2D eigenvalue weighted by atomic mass is 10.2. The Morgan fingerprint density at radius 2 is 2.17 bits per heavy atom. The number of nitrogens with two attached hydrogens (primary N) is 1. The van der Waals surface area contributed by atoms with Gasteiger partial charge in [0.1, 0.15) is 0 Å². The fourth-order valence-electron chi connectivity index (χ4n) is 1.71. The number of primary amides is 1. The molecule has 3 nitrogen and oxygen atoms in total. The molecule has 0 aromatic heterocycles. The Kier molecular flexibility index (Phi) is 6.22. The van der Waals surface area contributed by atoms with Crippen molar-refractivity contribution in [3.63, 3.8) is 0 Å². The third kappa shape index (κ3) is 5.56. The molecule has 0 heterocycles. The van der Waals surface area contributed by atoms with Gasteiger partial charge in [-0.15, -0.1) is 11.8 Å². The van der Waals surface area contributed by atoms with Gasteiger partial charge in [0.15, 0.2) is 0 Å². The van der Waals surface area contributed by atoms with Crippen LogP contribution in [0, 0.1) is 6.92 Å². The van der Waals surface area contributed by atoms with Crippen molar-refractivity contribution in [2.24, 2.45) is 5.73 Å². The first kappa shape index (κ1) is 15.1. The van der Waals surface area contributed by atoms with E-state index in [-0.39, 0.29) is 18.0 Å². The largest absolute Gasteiger partial charge is 0.368 e. The topological polar surface area (TPSA) is 55.1 Å². The lowest BCUT2D eigenvalue weighted by molar-refractivity contribution is -0.120. The fraction of sp³-hybridized carbons (Fsp3) is 0.500. The molecule has 1 aromatic rings. The minimum atomic E-state index is -0.270. The number of hydrogen-bond acceptors (Lipinski definition) is 3. The number of aryl methyl sites for hydroxylation is 1. The second kappa shape index (κ2) is 7.44. The maximum Gasteiger partial charge on any atom is 0.234 e. The Balaban J connectivity index is 2.41. The van der Waals surface area contributed by atoms with E-state index < -0.39 is 0 Å². The molecule has 0 fully saturated rings. The van der Waals surface area contributed by atoms with Crippen LogP contribution in [0.15, 0.2) is 29.2 Å². The number of hydrogen-bond donors (Lipinski definition) is 2. The van der Waals surface area contributed by atoms with Gasteiger partial charge in [-0.2, -0.15) is 0 Å². The highest BCUT2D eigenvalue weighted by Gasteiger charge is 2.15. The molecule has 0 radical (unpaired) electrons. The highest BCUT2D eigenvalue weighted by molar-refractivity contribution is 7.99. The van der Waals surface area contributed by atoms with Gasteiger partial charge < -0.3 is 11.1 Å². The maximum atomic E-state index is 11.3. The van der Waals surface area contributed by atoms with E-state index in [1.54, 1.807) is 11.8 Å². The van der Waals surface area contributed by atoms with Crippen LogP contribution in [0.5, 0.6) is 0 Å². The van der Waals surface area contributed by atoms with Gasteiger partial charge in [0.25, 0.3) is 0 Å². The molecule has 1 rings (SSSR count). The molecular weight excluding hydrogens is 244 g/mol. The van der Waals surface area contributed by atoms with Gasteiger partial charge in [0, 0.05) is 10.9 Å². The maximum absolute atomic E-state index is 11.3. The zero-order valence-electron chi connectivity index (χ0n) is 11.3. The van der Waals surface area contributed by atoms with Crippen molar-refractivity contribution in [2.75, 3.05) is 5.75 Å². The summed E-state index contributed by atoms with van der Waals surface area (Å²) in [7, 11) is 0. The summed E-state index contributed by atoms with van der Waals surface area (Å²) in [6.45, 7) is 6.11. The van der Waals surface area contributed by atoms with Crippen molar-refractivity contribution in [2.45, 2.75) is 44.2 Å². The Morgan fingerprint density at radius 3 is 2.72 bits per heavy atom. The summed E-state index contributed by atoms with van der Waals surface area (Å²) >= 11 is 1.76. The molecule has 0 aliphatic rings. The average molecular weight is 266 g/mol. The third-order valence-corrected chi connectivity index (χ3v) is 3.57. The lowest BCUT2D eigenvalue weighted by Crippen LogP contribution is -2.44. The van der Waals surface area contributed by atoms with Gasteiger partial charge in [0.05, 0.1) is 6.04 Å². The van der Waals surface area contributed by atoms with Gasteiger partial charge in [-0.3, -0.25) is 4.79 Å². The summed E-state index contributed by atoms with van der Waals surface area (Å²) in [6, 6.07) is 8.41. The van der Waals surface area contributed by atoms with Crippen molar-refractivity contribution in [1.82, 2.24) is 5.32 Å². The van der Waals surface area contributed by atoms with Gasteiger partial charge in [-0.25, -0.2) is 0 Å². The van der Waals surface area contributed by atoms with Crippen molar-refractivity contribution < 1.29 is 4.79 Å². The number of thioether (sulfide) groups is 1. The summed E-state index contributed by atoms with van der Waals surface area (Å²) in [5.74, 6) is 0.616. The quantitative estimate of drug-likeness (QED) is 0.745. The van der Waals surface area contributed by atoms with Crippen LogP contribution in [0.4, 0.5) is 0 Å². The zero-order valence-corrected chi connectivity index (χ0v) is 12.1. The zero-order chi connectivity index (χ0) is 13.5. The highest BCUT2D eigenvalue weighted by Crippen LogP contribution is 2.20. The fourth-order valence-corrected chi connectivity index (χ4v) is 2.74. The van der Waals surface area contributed by atoms with E-state index in [4.69, 9.17) is 5.73 Å². The average Bonchev–Trinajstić information content (AvgIpc) is 2.27. The molecule has 1 atom stereocenters. The molecule has 1 amide bonds. The van der Waals surface area contributed by atoms with Crippen LogP contribution in [0.3, 0.4) is 0 Å². The molecule has 4 heteroatoms. The van der Waals surface area contributed by atoms with E-state index in [1.165, 1.54) is 10.5 Å². The second-order valence-electron chi connectivity index (χ2n) is 4.73. The first-order valence-electron chi connectivity index (χ1n) is 6.24. The second-order valence-corrected chi connectivity index (χ2v) is 5.90. The van der Waals surface area contributed by atoms with Gasteiger partial charge >= 0.3 is 0 Å². The van der Waals surface area contributed by atoms with E-state index in [1.807, 2.05) is 13.8 Å². The summed E-state index contributed by atoms with van der Waals surface area (Å²) in [5, 5.41) is 3.19. The molecule has 0 saturated heterocycles. The Hall–Kier alpha value is -1.00. The monoisotopic (exact) mass is 266 g/mol. The number of nitrogens with one attached hydrogen (secondary N) is 1. The normalized spacial score (nSPS) is 12.7. The first-order valence-corrected chi connectivity index (χ1v) is 7.22. The van der Waals surface area contributed by atoms with Crippen LogP contribution in [-0.2, 0) is 4.79 Å². The number of benzene rings is 1. The van der Waals surface area contributed by atoms with Crippen molar-refractivity contribution in [3.8, 4) is 0 Å². The third-order valence-electron chi connectivity index (χ3n) is 2.54. The van der Waals surface area contributed by atoms with Crippen molar-refractivity contribution in [1.29, 1.82) is 0 Å². The van der Waals surface area contributed by atoms with Gasteiger partial charge in [0.2, 0.25) is 5.91 Å². The molecular formula is C14H22N2OS. The minimum Gasteiger partial charge on any atom is -0.368 e. The lowest BCUT2D eigenvalue weighted by Gasteiger charge is -2.17. The molecule has 0 bridgehead atoms. The molecule has 18 heavy (non-hydrogen) atoms. The summed E-state index contributed by atoms with van der Waals surface area (Å²) in [4.78, 5) is 12.5. The summed E-state index contributed by atoms with van der Waals surface area (Å²) in [6.07, 6.45) is 0.756.